The zero-order valence-electron chi connectivity index (χ0n) is 36.3. The fourth-order valence-corrected chi connectivity index (χ4v) is 7.69. The molecule has 0 aromatic carbocycles. The molecular weight excluding hydrogens is 715 g/mol. The van der Waals surface area contributed by atoms with Gasteiger partial charge in [-0.25, -0.2) is 4.57 Å². The smallest absolute Gasteiger partial charge is 0.462 e. The van der Waals surface area contributed by atoms with Gasteiger partial charge in [0.05, 0.1) is 33.0 Å². The number of unbranched alkanes of at least 4 members (excludes halogenated alkanes) is 22. The molecule has 0 amide bonds. The monoisotopic (exact) mass is 803 g/mol. The van der Waals surface area contributed by atoms with E-state index in [-0.39, 0.29) is 44.5 Å². The summed E-state index contributed by atoms with van der Waals surface area (Å²) in [7, 11) is -3.89. The maximum atomic E-state index is 13.2. The number of carbonyl (C=O) groups is 2. The molecule has 0 aromatic rings. The van der Waals surface area contributed by atoms with Crippen LogP contribution in [0.4, 0.5) is 0 Å². The largest absolute Gasteiger partial charge is 0.475 e. The van der Waals surface area contributed by atoms with Gasteiger partial charge in [-0.3, -0.25) is 23.2 Å². The Kier molecular flexibility index (Phi) is 40.0. The van der Waals surface area contributed by atoms with Crippen LogP contribution in [0.5, 0.6) is 0 Å². The lowest BCUT2D eigenvalue weighted by molar-refractivity contribution is -0.156. The van der Waals surface area contributed by atoms with E-state index in [1.807, 2.05) is 6.92 Å². The lowest BCUT2D eigenvalue weighted by Crippen LogP contribution is -2.29. The molecule has 0 spiro atoms. The third-order valence-electron chi connectivity index (χ3n) is 9.81. The van der Waals surface area contributed by atoms with Gasteiger partial charge < -0.3 is 14.2 Å². The number of hydrogen-bond donors (Lipinski definition) is 0. The number of hydrogen-bond acceptors (Lipinski definition) is 9. The predicted octanol–water partition coefficient (Wildman–Crippen LogP) is 14.0. The first-order valence-electron chi connectivity index (χ1n) is 22.9. The van der Waals surface area contributed by atoms with E-state index in [4.69, 9.17) is 27.8 Å². The molecule has 9 nitrogen and oxygen atoms in total. The molecular formula is C45H87O9P. The lowest BCUT2D eigenvalue weighted by atomic mass is 10.1. The van der Waals surface area contributed by atoms with Crippen LogP contribution >= 0.6 is 7.82 Å². The topological polar surface area (TPSA) is 107 Å². The standard InChI is InChI=1S/C45H87O9P/c1-6-11-14-17-19-21-22-24-26-29-32-35-45(47)54-43(41-52-55(48,50-37-9-4)51-38-10-5)40-49-39-36-42(33-30-27-16-13-8-3)53-44(46)34-31-28-25-23-20-18-15-12-7-2/h9,42-43H,4,6-8,10-41H2,1-3,5H3/t42-,43?,55?/m1/s1. The van der Waals surface area contributed by atoms with Crippen molar-refractivity contribution in [1.29, 1.82) is 0 Å². The van der Waals surface area contributed by atoms with Gasteiger partial charge >= 0.3 is 19.8 Å². The highest BCUT2D eigenvalue weighted by Gasteiger charge is 2.29. The van der Waals surface area contributed by atoms with Crippen LogP contribution in [0.1, 0.15) is 220 Å². The molecule has 0 aliphatic rings. The Morgan fingerprint density at radius 3 is 1.38 bits per heavy atom. The average molecular weight is 803 g/mol. The van der Waals surface area contributed by atoms with E-state index in [9.17, 15) is 14.2 Å². The summed E-state index contributed by atoms with van der Waals surface area (Å²) in [5.41, 5.74) is 0. The van der Waals surface area contributed by atoms with Gasteiger partial charge in [0.2, 0.25) is 0 Å². The van der Waals surface area contributed by atoms with Gasteiger partial charge in [-0.2, -0.15) is 0 Å². The van der Waals surface area contributed by atoms with E-state index in [1.165, 1.54) is 122 Å². The van der Waals surface area contributed by atoms with Crippen LogP contribution in [0.15, 0.2) is 12.7 Å². The second-order valence-corrected chi connectivity index (χ2v) is 17.0. The summed E-state index contributed by atoms with van der Waals surface area (Å²) in [5.74, 6) is -0.466. The van der Waals surface area contributed by atoms with Crippen molar-refractivity contribution in [2.75, 3.05) is 33.0 Å². The summed E-state index contributed by atoms with van der Waals surface area (Å²) in [5, 5.41) is 0. The molecule has 0 N–H and O–H groups in total. The molecule has 0 aromatic heterocycles. The molecule has 55 heavy (non-hydrogen) atoms. The molecule has 0 aliphatic carbocycles. The number of carbonyl (C=O) groups excluding carboxylic acids is 2. The van der Waals surface area contributed by atoms with Crippen molar-refractivity contribution in [1.82, 2.24) is 0 Å². The number of phosphoric acid groups is 1. The molecule has 326 valence electrons. The normalized spacial score (nSPS) is 13.7. The summed E-state index contributed by atoms with van der Waals surface area (Å²) in [4.78, 5) is 25.7. The van der Waals surface area contributed by atoms with E-state index in [1.54, 1.807) is 0 Å². The Morgan fingerprint density at radius 2 is 0.927 bits per heavy atom. The highest BCUT2D eigenvalue weighted by Crippen LogP contribution is 2.49. The zero-order valence-corrected chi connectivity index (χ0v) is 37.2. The molecule has 0 bridgehead atoms. The van der Waals surface area contributed by atoms with Gasteiger partial charge in [0.1, 0.15) is 12.2 Å². The van der Waals surface area contributed by atoms with Crippen LogP contribution in [0.2, 0.25) is 0 Å². The van der Waals surface area contributed by atoms with Gasteiger partial charge in [-0.15, -0.1) is 6.58 Å². The highest BCUT2D eigenvalue weighted by atomic mass is 31.2. The average Bonchev–Trinajstić information content (AvgIpc) is 3.18. The predicted molar refractivity (Wildman–Crippen MR) is 227 cm³/mol. The summed E-state index contributed by atoms with van der Waals surface area (Å²) in [6, 6.07) is 0. The van der Waals surface area contributed by atoms with Gasteiger partial charge in [0.15, 0.2) is 0 Å². The maximum Gasteiger partial charge on any atom is 0.475 e. The molecule has 0 heterocycles. The Bertz CT molecular complexity index is 915. The molecule has 0 fully saturated rings. The Hall–Kier alpha value is -1.25. The molecule has 0 saturated heterocycles. The van der Waals surface area contributed by atoms with Crippen LogP contribution in [0.25, 0.3) is 0 Å². The third kappa shape index (κ3) is 36.8. The fraction of sp³-hybridized carbons (Fsp3) is 0.911. The highest BCUT2D eigenvalue weighted by molar-refractivity contribution is 7.48. The van der Waals surface area contributed by atoms with E-state index in [0.29, 0.717) is 32.3 Å². The first kappa shape index (κ1) is 53.8. The van der Waals surface area contributed by atoms with E-state index >= 15 is 0 Å². The lowest BCUT2D eigenvalue weighted by Gasteiger charge is -2.23. The second kappa shape index (κ2) is 40.9. The first-order chi connectivity index (χ1) is 26.8. The minimum absolute atomic E-state index is 0.00151. The van der Waals surface area contributed by atoms with Gasteiger partial charge in [-0.05, 0) is 32.1 Å². The van der Waals surface area contributed by atoms with Crippen LogP contribution in [0, 0.1) is 0 Å². The molecule has 0 rings (SSSR count). The van der Waals surface area contributed by atoms with Crippen LogP contribution in [-0.2, 0) is 41.9 Å². The summed E-state index contributed by atoms with van der Waals surface area (Å²) in [6.07, 6.45) is 32.9. The summed E-state index contributed by atoms with van der Waals surface area (Å²) < 4.78 is 47.4. The number of phosphoric ester groups is 1. The molecule has 0 aliphatic heterocycles. The Morgan fingerprint density at radius 1 is 0.491 bits per heavy atom. The number of esters is 2. The van der Waals surface area contributed by atoms with Crippen LogP contribution in [0.3, 0.4) is 0 Å². The molecule has 10 heteroatoms. The van der Waals surface area contributed by atoms with E-state index < -0.39 is 13.9 Å². The van der Waals surface area contributed by atoms with Crippen LogP contribution in [-0.4, -0.2) is 57.2 Å². The van der Waals surface area contributed by atoms with Gasteiger partial charge in [-0.1, -0.05) is 175 Å². The molecule has 0 radical (unpaired) electrons. The van der Waals surface area contributed by atoms with Gasteiger partial charge in [0, 0.05) is 19.3 Å². The Labute approximate surface area is 339 Å². The minimum Gasteiger partial charge on any atom is -0.462 e. The van der Waals surface area contributed by atoms with Crippen molar-refractivity contribution in [2.45, 2.75) is 233 Å². The van der Waals surface area contributed by atoms with Crippen molar-refractivity contribution in [3.05, 3.63) is 12.7 Å². The third-order valence-corrected chi connectivity index (χ3v) is 11.2. The van der Waals surface area contributed by atoms with Crippen molar-refractivity contribution in [3.8, 4) is 0 Å². The van der Waals surface area contributed by atoms with Gasteiger partial charge in [0.25, 0.3) is 0 Å². The van der Waals surface area contributed by atoms with Crippen molar-refractivity contribution in [3.63, 3.8) is 0 Å². The molecule has 3 atom stereocenters. The quantitative estimate of drug-likeness (QED) is 0.0257. The number of rotatable bonds is 44. The zero-order chi connectivity index (χ0) is 40.5. The van der Waals surface area contributed by atoms with Crippen molar-refractivity contribution in [2.24, 2.45) is 0 Å². The second-order valence-electron chi connectivity index (χ2n) is 15.3. The van der Waals surface area contributed by atoms with Crippen LogP contribution < -0.4 is 0 Å². The van der Waals surface area contributed by atoms with E-state index in [2.05, 4.69) is 27.4 Å². The number of ether oxygens (including phenoxy) is 3. The molecule has 0 saturated carbocycles. The minimum atomic E-state index is -3.89. The summed E-state index contributed by atoms with van der Waals surface area (Å²) in [6.45, 7) is 12.6. The van der Waals surface area contributed by atoms with Crippen molar-refractivity contribution >= 4 is 19.8 Å². The first-order valence-corrected chi connectivity index (χ1v) is 24.4. The maximum absolute atomic E-state index is 13.2. The fourth-order valence-electron chi connectivity index (χ4n) is 6.42. The SMILES string of the molecule is C=CCOP(=O)(OCCC)OCC(COCC[C@@H](CCCCCCC)OC(=O)CCCCCCCCCCC)OC(=O)CCCCCCCCCCCCC. The Balaban J connectivity index is 5.01. The van der Waals surface area contributed by atoms with Crippen molar-refractivity contribution < 1.29 is 41.9 Å². The van der Waals surface area contributed by atoms with E-state index in [0.717, 1.165) is 51.4 Å². The summed E-state index contributed by atoms with van der Waals surface area (Å²) >= 11 is 0. The molecule has 2 unspecified atom stereocenters.